The third-order valence-corrected chi connectivity index (χ3v) is 3.88. The maximum Gasteiger partial charge on any atom is 0.344 e. The number of rotatable bonds is 2. The Morgan fingerprint density at radius 1 is 1.30 bits per heavy atom. The summed E-state index contributed by atoms with van der Waals surface area (Å²) >= 11 is 0. The predicted octanol–water partition coefficient (Wildman–Crippen LogP) is 3.67. The van der Waals surface area contributed by atoms with Crippen LogP contribution < -0.4 is 5.73 Å². The van der Waals surface area contributed by atoms with E-state index in [1.54, 1.807) is 0 Å². The van der Waals surface area contributed by atoms with Crippen LogP contribution in [0.4, 0.5) is 14.5 Å². The largest absolute Gasteiger partial charge is 0.459 e. The second-order valence-corrected chi connectivity index (χ2v) is 6.09. The van der Waals surface area contributed by atoms with Gasteiger partial charge in [0.1, 0.15) is 17.5 Å². The summed E-state index contributed by atoms with van der Waals surface area (Å²) in [5.74, 6) is -2.97. The van der Waals surface area contributed by atoms with Crippen molar-refractivity contribution in [3.05, 3.63) is 29.3 Å². The fraction of sp³-hybridized carbons (Fsp3) is 0.533. The molecule has 1 fully saturated rings. The van der Waals surface area contributed by atoms with E-state index in [0.29, 0.717) is 12.8 Å². The molecular formula is C15H19F2NO2. The molecule has 5 heteroatoms. The van der Waals surface area contributed by atoms with E-state index in [0.717, 1.165) is 25.0 Å². The molecule has 0 radical (unpaired) electrons. The number of anilines is 1. The summed E-state index contributed by atoms with van der Waals surface area (Å²) in [5, 5.41) is 0. The molecule has 0 saturated heterocycles. The predicted molar refractivity (Wildman–Crippen MR) is 72.2 cm³/mol. The van der Waals surface area contributed by atoms with Crippen molar-refractivity contribution >= 4 is 11.7 Å². The molecule has 0 aliphatic heterocycles. The first-order valence-corrected chi connectivity index (χ1v) is 6.74. The van der Waals surface area contributed by atoms with Crippen molar-refractivity contribution in [2.75, 3.05) is 5.73 Å². The maximum absolute atomic E-state index is 13.7. The number of esters is 1. The van der Waals surface area contributed by atoms with Crippen molar-refractivity contribution in [2.45, 2.75) is 45.6 Å². The van der Waals surface area contributed by atoms with Gasteiger partial charge in [-0.25, -0.2) is 13.6 Å². The summed E-state index contributed by atoms with van der Waals surface area (Å²) in [6.45, 7) is 4.31. The Balaban J connectivity index is 2.08. The lowest BCUT2D eigenvalue weighted by molar-refractivity contribution is 0.00860. The molecule has 2 rings (SSSR count). The molecule has 0 aromatic heterocycles. The van der Waals surface area contributed by atoms with Crippen LogP contribution in [-0.2, 0) is 4.74 Å². The minimum Gasteiger partial charge on any atom is -0.459 e. The normalized spacial score (nSPS) is 18.8. The summed E-state index contributed by atoms with van der Waals surface area (Å²) in [6.07, 6.45) is 2.99. The molecule has 1 aliphatic carbocycles. The van der Waals surface area contributed by atoms with Crippen LogP contribution in [0.15, 0.2) is 12.1 Å². The summed E-state index contributed by atoms with van der Waals surface area (Å²) in [7, 11) is 0. The number of ether oxygens (including phenoxy) is 1. The molecule has 20 heavy (non-hydrogen) atoms. The quantitative estimate of drug-likeness (QED) is 0.665. The van der Waals surface area contributed by atoms with Gasteiger partial charge in [-0.3, -0.25) is 0 Å². The first-order chi connectivity index (χ1) is 9.30. The Morgan fingerprint density at radius 2 is 1.90 bits per heavy atom. The van der Waals surface area contributed by atoms with Crippen LogP contribution >= 0.6 is 0 Å². The highest BCUT2D eigenvalue weighted by atomic mass is 19.1. The average Bonchev–Trinajstić information content (AvgIpc) is 2.37. The second-order valence-electron chi connectivity index (χ2n) is 6.09. The van der Waals surface area contributed by atoms with Gasteiger partial charge in [0, 0.05) is 0 Å². The molecule has 0 amide bonds. The van der Waals surface area contributed by atoms with E-state index in [-0.39, 0.29) is 17.2 Å². The molecular weight excluding hydrogens is 264 g/mol. The van der Waals surface area contributed by atoms with E-state index in [2.05, 4.69) is 13.8 Å². The first-order valence-electron chi connectivity index (χ1n) is 6.74. The van der Waals surface area contributed by atoms with Crippen molar-refractivity contribution in [3.8, 4) is 0 Å². The van der Waals surface area contributed by atoms with Gasteiger partial charge in [-0.05, 0) is 43.2 Å². The number of hydrogen-bond donors (Lipinski definition) is 1. The van der Waals surface area contributed by atoms with Crippen LogP contribution in [0, 0.1) is 17.0 Å². The lowest BCUT2D eigenvalue weighted by Crippen LogP contribution is -2.29. The van der Waals surface area contributed by atoms with Crippen LogP contribution in [0.1, 0.15) is 49.9 Å². The van der Waals surface area contributed by atoms with Gasteiger partial charge in [0.2, 0.25) is 0 Å². The second kappa shape index (κ2) is 5.38. The zero-order valence-electron chi connectivity index (χ0n) is 11.7. The van der Waals surface area contributed by atoms with Crippen molar-refractivity contribution in [1.82, 2.24) is 0 Å². The smallest absolute Gasteiger partial charge is 0.344 e. The highest BCUT2D eigenvalue weighted by Gasteiger charge is 2.30. The Labute approximate surface area is 117 Å². The molecule has 0 spiro atoms. The molecule has 110 valence electrons. The average molecular weight is 283 g/mol. The van der Waals surface area contributed by atoms with Crippen LogP contribution in [-0.4, -0.2) is 12.1 Å². The van der Waals surface area contributed by atoms with E-state index < -0.39 is 23.2 Å². The molecule has 2 N–H and O–H groups in total. The van der Waals surface area contributed by atoms with Crippen molar-refractivity contribution in [2.24, 2.45) is 5.41 Å². The first kappa shape index (κ1) is 14.8. The number of hydrogen-bond acceptors (Lipinski definition) is 3. The number of carbonyl (C=O) groups is 1. The summed E-state index contributed by atoms with van der Waals surface area (Å²) in [6, 6.07) is 2.06. The Bertz CT molecular complexity index is 519. The summed E-state index contributed by atoms with van der Waals surface area (Å²) in [5.41, 5.74) is 4.62. The number of halogens is 2. The maximum atomic E-state index is 13.7. The standard InChI is InChI=1S/C15H19F2NO2/c1-15(2)7-5-9(6-8-15)20-14(19)12-10(16)3-4-11(18)13(12)17/h3-4,9H,5-8,18H2,1-2H3. The number of benzene rings is 1. The van der Waals surface area contributed by atoms with Crippen LogP contribution in [0.3, 0.4) is 0 Å². The number of carbonyl (C=O) groups excluding carboxylic acids is 1. The molecule has 0 atom stereocenters. The zero-order chi connectivity index (χ0) is 14.9. The third kappa shape index (κ3) is 3.08. The van der Waals surface area contributed by atoms with E-state index in [1.165, 1.54) is 0 Å². The van der Waals surface area contributed by atoms with Gasteiger partial charge in [0.05, 0.1) is 5.69 Å². The van der Waals surface area contributed by atoms with E-state index in [4.69, 9.17) is 10.5 Å². The zero-order valence-corrected chi connectivity index (χ0v) is 11.7. The summed E-state index contributed by atoms with van der Waals surface area (Å²) < 4.78 is 32.5. The van der Waals surface area contributed by atoms with E-state index in [1.807, 2.05) is 0 Å². The molecule has 1 aromatic rings. The van der Waals surface area contributed by atoms with Crippen LogP contribution in [0.5, 0.6) is 0 Å². The molecule has 1 aromatic carbocycles. The van der Waals surface area contributed by atoms with Crippen molar-refractivity contribution < 1.29 is 18.3 Å². The van der Waals surface area contributed by atoms with Gasteiger partial charge in [0.25, 0.3) is 0 Å². The highest BCUT2D eigenvalue weighted by Crippen LogP contribution is 2.36. The fourth-order valence-electron chi connectivity index (χ4n) is 2.46. The molecule has 0 bridgehead atoms. The molecule has 1 saturated carbocycles. The Kier molecular flexibility index (Phi) is 3.97. The number of nitrogens with two attached hydrogens (primary N) is 1. The van der Waals surface area contributed by atoms with Gasteiger partial charge >= 0.3 is 5.97 Å². The monoisotopic (exact) mass is 283 g/mol. The summed E-state index contributed by atoms with van der Waals surface area (Å²) in [4.78, 5) is 11.9. The van der Waals surface area contributed by atoms with Crippen LogP contribution in [0.25, 0.3) is 0 Å². The number of nitrogen functional groups attached to an aromatic ring is 1. The van der Waals surface area contributed by atoms with Crippen molar-refractivity contribution in [1.29, 1.82) is 0 Å². The molecule has 1 aliphatic rings. The lowest BCUT2D eigenvalue weighted by Gasteiger charge is -2.33. The molecule has 0 unspecified atom stereocenters. The molecule has 0 heterocycles. The van der Waals surface area contributed by atoms with Gasteiger partial charge in [-0.15, -0.1) is 0 Å². The van der Waals surface area contributed by atoms with Crippen molar-refractivity contribution in [3.63, 3.8) is 0 Å². The Morgan fingerprint density at radius 3 is 2.50 bits per heavy atom. The topological polar surface area (TPSA) is 52.3 Å². The third-order valence-electron chi connectivity index (χ3n) is 3.88. The highest BCUT2D eigenvalue weighted by molar-refractivity contribution is 5.91. The van der Waals surface area contributed by atoms with Gasteiger partial charge < -0.3 is 10.5 Å². The van der Waals surface area contributed by atoms with Gasteiger partial charge in [-0.2, -0.15) is 0 Å². The fourth-order valence-corrected chi connectivity index (χ4v) is 2.46. The molecule has 3 nitrogen and oxygen atoms in total. The minimum absolute atomic E-state index is 0.233. The van der Waals surface area contributed by atoms with Gasteiger partial charge in [0.15, 0.2) is 5.82 Å². The van der Waals surface area contributed by atoms with Crippen LogP contribution in [0.2, 0.25) is 0 Å². The lowest BCUT2D eigenvalue weighted by atomic mass is 9.76. The van der Waals surface area contributed by atoms with E-state index >= 15 is 0 Å². The van der Waals surface area contributed by atoms with E-state index in [9.17, 15) is 13.6 Å². The SMILES string of the molecule is CC1(C)CCC(OC(=O)c2c(F)ccc(N)c2F)CC1. The minimum atomic E-state index is -1.05. The Hall–Kier alpha value is -1.65. The van der Waals surface area contributed by atoms with Gasteiger partial charge in [-0.1, -0.05) is 13.8 Å².